The summed E-state index contributed by atoms with van der Waals surface area (Å²) in [6.07, 6.45) is 5.42. The van der Waals surface area contributed by atoms with Crippen molar-refractivity contribution in [1.29, 1.82) is 0 Å². The molecule has 0 bridgehead atoms. The molecule has 3 heteroatoms. The summed E-state index contributed by atoms with van der Waals surface area (Å²) in [5, 5.41) is 0. The number of aryl methyl sites for hydroxylation is 1. The number of nitrogens with zero attached hydrogens (tertiary/aromatic N) is 1. The minimum Gasteiger partial charge on any atom is -0.469 e. The molecule has 0 aliphatic rings. The molecule has 1 aromatic heterocycles. The van der Waals surface area contributed by atoms with E-state index in [0.29, 0.717) is 0 Å². The van der Waals surface area contributed by atoms with Crippen LogP contribution in [0.1, 0.15) is 37.5 Å². The fraction of sp³-hybridized carbons (Fsp3) is 0.714. The summed E-state index contributed by atoms with van der Waals surface area (Å²) in [6.45, 7) is 7.23. The Hall–Kier alpha value is -0.800. The van der Waals surface area contributed by atoms with Gasteiger partial charge in [-0.1, -0.05) is 6.92 Å². The van der Waals surface area contributed by atoms with Crippen molar-refractivity contribution in [3.63, 3.8) is 0 Å². The van der Waals surface area contributed by atoms with Crippen LogP contribution in [0.25, 0.3) is 0 Å². The van der Waals surface area contributed by atoms with Crippen molar-refractivity contribution in [3.8, 4) is 0 Å². The molecular formula is C14H26N2O. The van der Waals surface area contributed by atoms with E-state index in [9.17, 15) is 0 Å². The van der Waals surface area contributed by atoms with E-state index in [2.05, 4.69) is 24.9 Å². The summed E-state index contributed by atoms with van der Waals surface area (Å²) in [4.78, 5) is 2.35. The van der Waals surface area contributed by atoms with Gasteiger partial charge in [0.2, 0.25) is 0 Å². The third-order valence-electron chi connectivity index (χ3n) is 3.30. The van der Waals surface area contributed by atoms with Crippen molar-refractivity contribution in [3.05, 3.63) is 23.7 Å². The van der Waals surface area contributed by atoms with Crippen molar-refractivity contribution in [2.24, 2.45) is 11.7 Å². The molecule has 1 aromatic rings. The van der Waals surface area contributed by atoms with Crippen LogP contribution < -0.4 is 5.73 Å². The predicted molar refractivity (Wildman–Crippen MR) is 71.8 cm³/mol. The van der Waals surface area contributed by atoms with Crippen LogP contribution in [-0.4, -0.2) is 25.0 Å². The lowest BCUT2D eigenvalue weighted by atomic mass is 10.0. The lowest BCUT2D eigenvalue weighted by Crippen LogP contribution is -2.20. The van der Waals surface area contributed by atoms with Gasteiger partial charge < -0.3 is 15.1 Å². The number of hydrogen-bond donors (Lipinski definition) is 1. The first-order valence-corrected chi connectivity index (χ1v) is 6.55. The normalized spacial score (nSPS) is 13.2. The van der Waals surface area contributed by atoms with Gasteiger partial charge in [-0.2, -0.15) is 0 Å². The van der Waals surface area contributed by atoms with Gasteiger partial charge >= 0.3 is 0 Å². The monoisotopic (exact) mass is 238 g/mol. The van der Waals surface area contributed by atoms with Crippen molar-refractivity contribution >= 4 is 0 Å². The molecule has 0 spiro atoms. The van der Waals surface area contributed by atoms with Gasteiger partial charge in [-0.15, -0.1) is 0 Å². The second kappa shape index (κ2) is 7.51. The Kier molecular flexibility index (Phi) is 6.30. The Bertz CT molecular complexity index is 309. The molecule has 3 nitrogen and oxygen atoms in total. The van der Waals surface area contributed by atoms with Crippen molar-refractivity contribution < 1.29 is 4.42 Å². The maximum absolute atomic E-state index is 5.55. The highest BCUT2D eigenvalue weighted by Crippen LogP contribution is 2.13. The van der Waals surface area contributed by atoms with Crippen LogP contribution in [0, 0.1) is 12.8 Å². The molecule has 0 saturated heterocycles. The van der Waals surface area contributed by atoms with Crippen LogP contribution >= 0.6 is 0 Å². The summed E-state index contributed by atoms with van der Waals surface area (Å²) >= 11 is 0. The highest BCUT2D eigenvalue weighted by atomic mass is 16.3. The Morgan fingerprint density at radius 3 is 2.76 bits per heavy atom. The summed E-state index contributed by atoms with van der Waals surface area (Å²) in [7, 11) is 2.17. The van der Waals surface area contributed by atoms with Gasteiger partial charge in [-0.3, -0.25) is 0 Å². The number of furan rings is 1. The largest absolute Gasteiger partial charge is 0.469 e. The minimum absolute atomic E-state index is 0.754. The van der Waals surface area contributed by atoms with E-state index in [1.54, 1.807) is 6.26 Å². The molecule has 98 valence electrons. The van der Waals surface area contributed by atoms with E-state index in [0.717, 1.165) is 37.7 Å². The van der Waals surface area contributed by atoms with Crippen LogP contribution in [0.4, 0.5) is 0 Å². The molecule has 0 radical (unpaired) electrons. The van der Waals surface area contributed by atoms with Crippen molar-refractivity contribution in [2.75, 3.05) is 20.1 Å². The Morgan fingerprint density at radius 2 is 2.18 bits per heavy atom. The molecule has 1 unspecified atom stereocenters. The van der Waals surface area contributed by atoms with Crippen LogP contribution in [0.15, 0.2) is 16.7 Å². The van der Waals surface area contributed by atoms with E-state index >= 15 is 0 Å². The first kappa shape index (κ1) is 14.3. The van der Waals surface area contributed by atoms with Gasteiger partial charge in [-0.25, -0.2) is 0 Å². The molecule has 0 fully saturated rings. The molecule has 2 N–H and O–H groups in total. The lowest BCUT2D eigenvalue weighted by molar-refractivity contribution is 0.304. The predicted octanol–water partition coefficient (Wildman–Crippen LogP) is 2.78. The van der Waals surface area contributed by atoms with Gasteiger partial charge in [0.05, 0.1) is 6.26 Å². The fourth-order valence-electron chi connectivity index (χ4n) is 2.08. The average Bonchev–Trinajstić information content (AvgIpc) is 2.65. The standard InChI is InChI=1S/C14H26N2O/c1-12(6-8-15)5-4-9-16(3)11-14-7-10-17-13(14)2/h7,10,12H,4-6,8-9,11,15H2,1-3H3. The average molecular weight is 238 g/mol. The van der Waals surface area contributed by atoms with Crippen molar-refractivity contribution in [2.45, 2.75) is 39.7 Å². The molecule has 0 saturated carbocycles. The Balaban J connectivity index is 2.17. The van der Waals surface area contributed by atoms with E-state index < -0.39 is 0 Å². The van der Waals surface area contributed by atoms with Crippen LogP contribution in [-0.2, 0) is 6.54 Å². The summed E-state index contributed by atoms with van der Waals surface area (Å²) in [5.74, 6) is 1.79. The first-order chi connectivity index (χ1) is 8.13. The molecule has 1 atom stereocenters. The fourth-order valence-corrected chi connectivity index (χ4v) is 2.08. The van der Waals surface area contributed by atoms with Gasteiger partial charge in [-0.05, 0) is 58.3 Å². The summed E-state index contributed by atoms with van der Waals surface area (Å²) < 4.78 is 5.30. The zero-order valence-corrected chi connectivity index (χ0v) is 11.4. The zero-order chi connectivity index (χ0) is 12.7. The lowest BCUT2D eigenvalue weighted by Gasteiger charge is -2.17. The second-order valence-electron chi connectivity index (χ2n) is 5.06. The molecular weight excluding hydrogens is 212 g/mol. The molecule has 17 heavy (non-hydrogen) atoms. The molecule has 0 amide bonds. The first-order valence-electron chi connectivity index (χ1n) is 6.55. The van der Waals surface area contributed by atoms with Crippen LogP contribution in [0.3, 0.4) is 0 Å². The summed E-state index contributed by atoms with van der Waals surface area (Å²) in [5.41, 5.74) is 6.84. The minimum atomic E-state index is 0.754. The van der Waals surface area contributed by atoms with Gasteiger partial charge in [0.25, 0.3) is 0 Å². The molecule has 0 aromatic carbocycles. The Labute approximate surface area is 105 Å². The van der Waals surface area contributed by atoms with E-state index in [1.165, 1.54) is 18.4 Å². The molecule has 1 heterocycles. The van der Waals surface area contributed by atoms with E-state index in [-0.39, 0.29) is 0 Å². The molecule has 0 aliphatic heterocycles. The Morgan fingerprint density at radius 1 is 1.41 bits per heavy atom. The third kappa shape index (κ3) is 5.37. The van der Waals surface area contributed by atoms with Crippen LogP contribution in [0.5, 0.6) is 0 Å². The summed E-state index contributed by atoms with van der Waals surface area (Å²) in [6, 6.07) is 2.06. The number of rotatable bonds is 8. The smallest absolute Gasteiger partial charge is 0.105 e. The highest BCUT2D eigenvalue weighted by Gasteiger charge is 2.06. The quantitative estimate of drug-likeness (QED) is 0.757. The molecule has 0 aliphatic carbocycles. The number of nitrogens with two attached hydrogens (primary N) is 1. The maximum Gasteiger partial charge on any atom is 0.105 e. The maximum atomic E-state index is 5.55. The van der Waals surface area contributed by atoms with E-state index in [4.69, 9.17) is 10.2 Å². The van der Waals surface area contributed by atoms with Crippen LogP contribution in [0.2, 0.25) is 0 Å². The van der Waals surface area contributed by atoms with Gasteiger partial charge in [0.15, 0.2) is 0 Å². The van der Waals surface area contributed by atoms with Crippen molar-refractivity contribution in [1.82, 2.24) is 4.90 Å². The topological polar surface area (TPSA) is 42.4 Å². The zero-order valence-electron chi connectivity index (χ0n) is 11.4. The van der Waals surface area contributed by atoms with E-state index in [1.807, 2.05) is 6.92 Å². The van der Waals surface area contributed by atoms with Gasteiger partial charge in [0.1, 0.15) is 5.76 Å². The third-order valence-corrected chi connectivity index (χ3v) is 3.30. The second-order valence-corrected chi connectivity index (χ2v) is 5.06. The SMILES string of the molecule is Cc1occc1CN(C)CCCC(C)CCN. The number of hydrogen-bond acceptors (Lipinski definition) is 3. The highest BCUT2D eigenvalue weighted by molar-refractivity contribution is 5.14. The molecule has 1 rings (SSSR count). The van der Waals surface area contributed by atoms with Gasteiger partial charge in [0, 0.05) is 12.1 Å².